The lowest BCUT2D eigenvalue weighted by molar-refractivity contribution is 0.794. The number of para-hydroxylation sites is 1. The summed E-state index contributed by atoms with van der Waals surface area (Å²) in [6.45, 7) is 0. The summed E-state index contributed by atoms with van der Waals surface area (Å²) in [4.78, 5) is 0. The first-order chi connectivity index (χ1) is 26.8. The van der Waals surface area contributed by atoms with E-state index in [1.54, 1.807) is 0 Å². The fourth-order valence-electron chi connectivity index (χ4n) is 9.90. The number of hydrogen-bond donors (Lipinski definition) is 0. The van der Waals surface area contributed by atoms with Gasteiger partial charge >= 0.3 is 0 Å². The van der Waals surface area contributed by atoms with Crippen molar-refractivity contribution < 1.29 is 0 Å². The quantitative estimate of drug-likeness (QED) is 0.175. The van der Waals surface area contributed by atoms with Crippen LogP contribution in [0, 0.1) is 0 Å². The van der Waals surface area contributed by atoms with Gasteiger partial charge in [-0.3, -0.25) is 0 Å². The standard InChI is InChI=1S/C53H33N/c1-2-13-37-31-40(27-24-34(37)12-1)54-51-23-10-6-19-44(51)46-33-39(26-29-52(46)54)36-15-11-14-35(30-36)38-25-28-50-45(32-38)43-18-5-9-22-49(43)53(50)47-20-7-3-16-41(47)42-17-4-8-21-48(42)53/h1-33H. The Labute approximate surface area is 314 Å². The van der Waals surface area contributed by atoms with Gasteiger partial charge in [0, 0.05) is 16.5 Å². The van der Waals surface area contributed by atoms with E-state index in [9.17, 15) is 0 Å². The molecule has 1 nitrogen and oxygen atoms in total. The van der Waals surface area contributed by atoms with E-state index in [-0.39, 0.29) is 5.41 Å². The van der Waals surface area contributed by atoms with Gasteiger partial charge in [-0.15, -0.1) is 0 Å². The van der Waals surface area contributed by atoms with Crippen LogP contribution in [0.5, 0.6) is 0 Å². The third kappa shape index (κ3) is 3.93. The maximum Gasteiger partial charge on any atom is 0.0725 e. The fourth-order valence-corrected chi connectivity index (χ4v) is 9.90. The smallest absolute Gasteiger partial charge is 0.0725 e. The van der Waals surface area contributed by atoms with Crippen LogP contribution in [0.25, 0.3) is 82.8 Å². The van der Waals surface area contributed by atoms with Crippen LogP contribution in [0.1, 0.15) is 22.3 Å². The molecule has 0 saturated heterocycles. The highest BCUT2D eigenvalue weighted by molar-refractivity contribution is 6.11. The molecule has 10 aromatic rings. The molecule has 9 aromatic carbocycles. The Bertz CT molecular complexity index is 3130. The average molecular weight is 684 g/mol. The molecule has 0 radical (unpaired) electrons. The molecule has 0 saturated carbocycles. The van der Waals surface area contributed by atoms with Crippen molar-refractivity contribution in [2.75, 3.05) is 0 Å². The monoisotopic (exact) mass is 683 g/mol. The predicted octanol–water partition coefficient (Wildman–Crippen LogP) is 13.6. The SMILES string of the molecule is c1cc(-c2ccc3c(c2)-c2ccccc2C32c3ccccc3-c3ccccc32)cc(-c2ccc3c(c2)c2ccccc2n3-c2ccc3ccccc3c2)c1. The van der Waals surface area contributed by atoms with E-state index in [1.807, 2.05) is 0 Å². The highest BCUT2D eigenvalue weighted by Gasteiger charge is 2.51. The minimum absolute atomic E-state index is 0.319. The largest absolute Gasteiger partial charge is 0.309 e. The molecule has 0 fully saturated rings. The molecule has 2 aliphatic carbocycles. The molecular weight excluding hydrogens is 651 g/mol. The van der Waals surface area contributed by atoms with E-state index in [4.69, 9.17) is 0 Å². The number of fused-ring (bicyclic) bond motifs is 14. The second-order valence-corrected chi connectivity index (χ2v) is 14.8. The summed E-state index contributed by atoms with van der Waals surface area (Å²) in [6, 6.07) is 74.5. The number of nitrogens with zero attached hydrogens (tertiary/aromatic N) is 1. The molecule has 0 aliphatic heterocycles. The molecular formula is C53H33N. The Morgan fingerprint density at radius 1 is 0.296 bits per heavy atom. The van der Waals surface area contributed by atoms with Crippen molar-refractivity contribution in [3.63, 3.8) is 0 Å². The van der Waals surface area contributed by atoms with Crippen molar-refractivity contribution in [2.24, 2.45) is 0 Å². The second-order valence-electron chi connectivity index (χ2n) is 14.8. The first-order valence-electron chi connectivity index (χ1n) is 18.8. The number of hydrogen-bond acceptors (Lipinski definition) is 0. The molecule has 0 amide bonds. The molecule has 54 heavy (non-hydrogen) atoms. The van der Waals surface area contributed by atoms with E-state index >= 15 is 0 Å². The zero-order valence-corrected chi connectivity index (χ0v) is 29.5. The van der Waals surface area contributed by atoms with E-state index in [1.165, 1.54) is 105 Å². The summed E-state index contributed by atoms with van der Waals surface area (Å²) < 4.78 is 2.41. The summed E-state index contributed by atoms with van der Waals surface area (Å²) >= 11 is 0. The lowest BCUT2D eigenvalue weighted by Gasteiger charge is -2.30. The summed E-state index contributed by atoms with van der Waals surface area (Å²) in [7, 11) is 0. The molecule has 1 heteroatoms. The van der Waals surface area contributed by atoms with Crippen LogP contribution in [-0.4, -0.2) is 4.57 Å². The number of benzene rings is 9. The van der Waals surface area contributed by atoms with Crippen LogP contribution in [0.15, 0.2) is 200 Å². The van der Waals surface area contributed by atoms with Crippen molar-refractivity contribution >= 4 is 32.6 Å². The van der Waals surface area contributed by atoms with Crippen LogP contribution in [0.4, 0.5) is 0 Å². The van der Waals surface area contributed by atoms with Crippen LogP contribution < -0.4 is 0 Å². The summed E-state index contributed by atoms with van der Waals surface area (Å²) in [5.41, 5.74) is 19.0. The molecule has 0 atom stereocenters. The second kappa shape index (κ2) is 11.0. The predicted molar refractivity (Wildman–Crippen MR) is 225 cm³/mol. The van der Waals surface area contributed by atoms with E-state index < -0.39 is 0 Å². The molecule has 1 aromatic heterocycles. The van der Waals surface area contributed by atoms with Gasteiger partial charge < -0.3 is 4.57 Å². The Kier molecular flexibility index (Phi) is 6.04. The van der Waals surface area contributed by atoms with Gasteiger partial charge in [0.05, 0.1) is 16.4 Å². The van der Waals surface area contributed by atoms with Crippen LogP contribution in [0.3, 0.4) is 0 Å². The van der Waals surface area contributed by atoms with Crippen molar-refractivity contribution in [2.45, 2.75) is 5.41 Å². The Morgan fingerprint density at radius 3 is 1.57 bits per heavy atom. The zero-order valence-electron chi connectivity index (χ0n) is 29.5. The first-order valence-corrected chi connectivity index (χ1v) is 18.8. The van der Waals surface area contributed by atoms with E-state index in [0.29, 0.717) is 0 Å². The number of rotatable bonds is 3. The lowest BCUT2D eigenvalue weighted by atomic mass is 9.70. The normalized spacial score (nSPS) is 13.3. The highest BCUT2D eigenvalue weighted by atomic mass is 15.0. The fraction of sp³-hybridized carbons (Fsp3) is 0.0189. The average Bonchev–Trinajstić information content (AvgIpc) is 3.85. The summed E-state index contributed by atoms with van der Waals surface area (Å²) in [5, 5.41) is 5.03. The van der Waals surface area contributed by atoms with Crippen LogP contribution >= 0.6 is 0 Å². The van der Waals surface area contributed by atoms with Gasteiger partial charge in [0.1, 0.15) is 0 Å². The first kappa shape index (κ1) is 29.6. The molecule has 12 rings (SSSR count). The lowest BCUT2D eigenvalue weighted by Crippen LogP contribution is -2.25. The van der Waals surface area contributed by atoms with E-state index in [2.05, 4.69) is 205 Å². The molecule has 2 aliphatic rings. The molecule has 0 bridgehead atoms. The number of aromatic nitrogens is 1. The summed E-state index contributed by atoms with van der Waals surface area (Å²) in [5.74, 6) is 0. The third-order valence-corrected chi connectivity index (χ3v) is 12.2. The molecule has 0 unspecified atom stereocenters. The van der Waals surface area contributed by atoms with Crippen molar-refractivity contribution in [1.82, 2.24) is 4.57 Å². The Morgan fingerprint density at radius 2 is 0.833 bits per heavy atom. The topological polar surface area (TPSA) is 4.93 Å². The Hall–Kier alpha value is -6.96. The van der Waals surface area contributed by atoms with Crippen LogP contribution in [-0.2, 0) is 5.41 Å². The van der Waals surface area contributed by atoms with Gasteiger partial charge in [-0.1, -0.05) is 158 Å². The van der Waals surface area contributed by atoms with Crippen molar-refractivity contribution in [1.29, 1.82) is 0 Å². The van der Waals surface area contributed by atoms with Gasteiger partial charge in [-0.05, 0) is 120 Å². The zero-order chi connectivity index (χ0) is 35.4. The van der Waals surface area contributed by atoms with Crippen molar-refractivity contribution in [3.8, 4) is 50.2 Å². The molecule has 250 valence electrons. The minimum atomic E-state index is -0.319. The highest BCUT2D eigenvalue weighted by Crippen LogP contribution is 2.63. The molecule has 0 N–H and O–H groups in total. The molecule has 1 heterocycles. The van der Waals surface area contributed by atoms with Gasteiger partial charge in [0.2, 0.25) is 0 Å². The van der Waals surface area contributed by atoms with Crippen LogP contribution in [0.2, 0.25) is 0 Å². The third-order valence-electron chi connectivity index (χ3n) is 12.2. The maximum absolute atomic E-state index is 2.44. The maximum atomic E-state index is 2.44. The Balaban J connectivity index is 0.992. The minimum Gasteiger partial charge on any atom is -0.309 e. The van der Waals surface area contributed by atoms with Gasteiger partial charge in [0.15, 0.2) is 0 Å². The molecule has 1 spiro atoms. The summed E-state index contributed by atoms with van der Waals surface area (Å²) in [6.07, 6.45) is 0. The van der Waals surface area contributed by atoms with Gasteiger partial charge in [-0.2, -0.15) is 0 Å². The van der Waals surface area contributed by atoms with E-state index in [0.717, 1.165) is 0 Å². The van der Waals surface area contributed by atoms with Crippen molar-refractivity contribution in [3.05, 3.63) is 222 Å². The van der Waals surface area contributed by atoms with Gasteiger partial charge in [-0.25, -0.2) is 0 Å². The van der Waals surface area contributed by atoms with Gasteiger partial charge in [0.25, 0.3) is 0 Å².